The van der Waals surface area contributed by atoms with E-state index in [9.17, 15) is 9.59 Å². The smallest absolute Gasteiger partial charge is 0.487 e. The fourth-order valence-electron chi connectivity index (χ4n) is 3.69. The van der Waals surface area contributed by atoms with Gasteiger partial charge in [0.05, 0.1) is 30.6 Å². The summed E-state index contributed by atoms with van der Waals surface area (Å²) in [5.74, 6) is 0.563. The molecular weight excluding hydrogens is 676 g/mol. The van der Waals surface area contributed by atoms with Crippen LogP contribution < -0.4 is 28.3 Å². The number of pyridine rings is 2. The van der Waals surface area contributed by atoms with Crippen LogP contribution in [0.5, 0.6) is 11.5 Å². The number of methoxy groups -OCH3 is 1. The summed E-state index contributed by atoms with van der Waals surface area (Å²) in [4.78, 5) is 41.9. The molecule has 0 amide bonds. The summed E-state index contributed by atoms with van der Waals surface area (Å²) in [6.45, 7) is 10.6. The minimum Gasteiger partial charge on any atom is -0.487 e. The van der Waals surface area contributed by atoms with Gasteiger partial charge in [0, 0.05) is 40.1 Å². The number of carbonyl (C=O) groups is 2. The maximum atomic E-state index is 12.3. The summed E-state index contributed by atoms with van der Waals surface area (Å²) in [7, 11) is 1.33. The maximum absolute atomic E-state index is 12.3. The quantitative estimate of drug-likeness (QED) is 0.0710. The van der Waals surface area contributed by atoms with Crippen LogP contribution in [-0.2, 0) is 18.0 Å². The van der Waals surface area contributed by atoms with Crippen molar-refractivity contribution in [3.8, 4) is 11.5 Å². The molecule has 0 bridgehead atoms. The van der Waals surface area contributed by atoms with Gasteiger partial charge in [-0.25, -0.2) is 9.78 Å². The third kappa shape index (κ3) is 16.3. The predicted octanol–water partition coefficient (Wildman–Crippen LogP) is 6.18. The van der Waals surface area contributed by atoms with Crippen LogP contribution >= 0.6 is 22.7 Å². The van der Waals surface area contributed by atoms with Crippen molar-refractivity contribution in [2.24, 2.45) is 0 Å². The number of carbonyl (C=O) groups excluding carboxylic acids is 2. The second-order valence-corrected chi connectivity index (χ2v) is 12.8. The Morgan fingerprint density at radius 2 is 1.25 bits per heavy atom. The molecule has 0 aliphatic rings. The van der Waals surface area contributed by atoms with Gasteiger partial charge < -0.3 is 21.1 Å². The molecule has 0 fully saturated rings. The third-order valence-electron chi connectivity index (χ3n) is 6.33. The van der Waals surface area contributed by atoms with Crippen LogP contribution in [0.25, 0.3) is 0 Å². The number of unbranched alkanes of at least 4 members (excludes halogenated alkanes) is 1. The summed E-state index contributed by atoms with van der Waals surface area (Å²) in [5, 5.41) is 0.472. The van der Waals surface area contributed by atoms with Gasteiger partial charge in [-0.3, -0.25) is 19.7 Å². The number of nitrogens with zero attached hydrogens (tertiary/aromatic N) is 4. The molecule has 0 spiro atoms. The summed E-state index contributed by atoms with van der Waals surface area (Å²) >= 11 is 3.04. The molecule has 260 valence electrons. The Morgan fingerprint density at radius 1 is 0.725 bits per heavy atom. The number of hydrogen-bond donors (Lipinski definition) is 0. The monoisotopic (exact) mass is 716 g/mol. The molecule has 6 rings (SSSR count). The zero-order chi connectivity index (χ0) is 36.0. The van der Waals surface area contributed by atoms with Crippen molar-refractivity contribution < 1.29 is 42.7 Å². The molecule has 0 aliphatic heterocycles. The Bertz CT molecular complexity index is 1840. The zero-order valence-electron chi connectivity index (χ0n) is 29.7. The zero-order valence-corrected chi connectivity index (χ0v) is 31.3. The number of thiazole rings is 2. The predicted molar refractivity (Wildman–Crippen MR) is 199 cm³/mol. The Morgan fingerprint density at radius 3 is 1.67 bits per heavy atom. The minimum atomic E-state index is -0.423. The van der Waals surface area contributed by atoms with Gasteiger partial charge in [-0.2, -0.15) is 6.42 Å². The second-order valence-electron chi connectivity index (χ2n) is 10.4. The van der Waals surface area contributed by atoms with E-state index >= 15 is 0 Å². The molecule has 2 aromatic carbocycles. The Balaban J connectivity index is 0.000000277. The number of aryl methyl sites for hydroxylation is 2. The van der Waals surface area contributed by atoms with Gasteiger partial charge in [-0.1, -0.05) is 74.0 Å². The number of esters is 1. The van der Waals surface area contributed by atoms with Crippen molar-refractivity contribution in [3.63, 3.8) is 0 Å². The van der Waals surface area contributed by atoms with Crippen LogP contribution in [0.1, 0.15) is 66.4 Å². The van der Waals surface area contributed by atoms with Crippen LogP contribution in [0, 0.1) is 20.8 Å². The molecule has 4 heterocycles. The topological polar surface area (TPSA) is 113 Å². The molecule has 9 nitrogen and oxygen atoms in total. The maximum Gasteiger partial charge on any atom is 1.00 e. The number of ether oxygens (including phenoxy) is 3. The molecule has 0 radical (unpaired) electrons. The number of rotatable bonds is 10. The Kier molecular flexibility index (Phi) is 20.4. The SMILES string of the molecule is COC(=O)c1cncc(OCc2ccccc2)c1.Cc1cnc(C(=O)c2cncc(OCc3ccccc3)c2)s1.Cc1cncs1.[CH2-]CCC.[Li+]. The van der Waals surface area contributed by atoms with E-state index in [4.69, 9.17) is 9.47 Å². The first kappa shape index (κ1) is 42.5. The van der Waals surface area contributed by atoms with Crippen molar-refractivity contribution in [1.29, 1.82) is 0 Å². The Labute approximate surface area is 320 Å². The van der Waals surface area contributed by atoms with E-state index in [-0.39, 0.29) is 24.6 Å². The molecule has 12 heteroatoms. The van der Waals surface area contributed by atoms with Gasteiger partial charge in [0.2, 0.25) is 5.78 Å². The summed E-state index contributed by atoms with van der Waals surface area (Å²) < 4.78 is 15.9. The molecule has 0 atom stereocenters. The van der Waals surface area contributed by atoms with Gasteiger partial charge >= 0.3 is 24.8 Å². The van der Waals surface area contributed by atoms with Crippen molar-refractivity contribution in [3.05, 3.63) is 159 Å². The van der Waals surface area contributed by atoms with Gasteiger partial charge in [0.15, 0.2) is 5.01 Å². The standard InChI is InChI=1S/C17H14N2O2S.C14H13NO3.C4H5NS.C4H9.Li/c1-12-8-19-17(22-12)16(20)14-7-15(10-18-9-14)21-11-13-5-3-2-4-6-13;1-17-14(16)12-7-13(9-15-8-12)18-10-11-5-3-2-4-6-11;1-4-2-5-3-6-4;1-3-4-2;/h2-10H,11H2,1H3;2-9H,10H2,1H3;2-3H,1H3;1,3-4H2,2H3;/q;;;-1;+1. The number of ketones is 1. The van der Waals surface area contributed by atoms with E-state index in [0.29, 0.717) is 40.8 Å². The van der Waals surface area contributed by atoms with Crippen LogP contribution in [-0.4, -0.2) is 38.8 Å². The average molecular weight is 717 g/mol. The first-order valence-electron chi connectivity index (χ1n) is 15.8. The first-order chi connectivity index (χ1) is 24.3. The van der Waals surface area contributed by atoms with Crippen LogP contribution in [0.3, 0.4) is 0 Å². The van der Waals surface area contributed by atoms with Crippen LogP contribution in [0.15, 0.2) is 115 Å². The van der Waals surface area contributed by atoms with E-state index in [1.807, 2.05) is 86.2 Å². The first-order valence-corrected chi connectivity index (χ1v) is 17.5. The van der Waals surface area contributed by atoms with Crippen LogP contribution in [0.4, 0.5) is 0 Å². The van der Waals surface area contributed by atoms with Crippen LogP contribution in [0.2, 0.25) is 0 Å². The fourth-order valence-corrected chi connectivity index (χ4v) is 4.83. The molecule has 0 saturated heterocycles. The summed E-state index contributed by atoms with van der Waals surface area (Å²) in [6.07, 6.45) is 12.0. The molecule has 51 heavy (non-hydrogen) atoms. The molecule has 4 aromatic heterocycles. The molecule has 0 aliphatic carbocycles. The van der Waals surface area contributed by atoms with Gasteiger partial charge in [-0.05, 0) is 37.1 Å². The Hall–Kier alpha value is -4.66. The minimum absolute atomic E-state index is 0. The molecular formula is C39H41LiN4O5S2. The normalized spacial score (nSPS) is 9.59. The van der Waals surface area contributed by atoms with Gasteiger partial charge in [-0.15, -0.1) is 22.7 Å². The van der Waals surface area contributed by atoms with Crippen molar-refractivity contribution in [1.82, 2.24) is 19.9 Å². The number of aromatic nitrogens is 4. The number of hydrogen-bond acceptors (Lipinski definition) is 11. The average Bonchev–Trinajstić information content (AvgIpc) is 3.85. The second kappa shape index (κ2) is 24.5. The summed E-state index contributed by atoms with van der Waals surface area (Å²) in [5.41, 5.74) is 4.81. The van der Waals surface area contributed by atoms with Crippen molar-refractivity contribution in [2.45, 2.75) is 46.8 Å². The molecule has 0 unspecified atom stereocenters. The summed E-state index contributed by atoms with van der Waals surface area (Å²) in [6, 6.07) is 22.9. The fraction of sp³-hybridized carbons (Fsp3) is 0.205. The third-order valence-corrected chi connectivity index (χ3v) is 7.95. The van der Waals surface area contributed by atoms with Gasteiger partial charge in [0.1, 0.15) is 24.7 Å². The number of benzene rings is 2. The van der Waals surface area contributed by atoms with E-state index < -0.39 is 5.97 Å². The van der Waals surface area contributed by atoms with E-state index in [1.165, 1.54) is 42.1 Å². The van der Waals surface area contributed by atoms with Gasteiger partial charge in [0.25, 0.3) is 0 Å². The van der Waals surface area contributed by atoms with E-state index in [1.54, 1.807) is 42.1 Å². The molecule has 0 saturated carbocycles. The molecule has 0 N–H and O–H groups in total. The largest absolute Gasteiger partial charge is 1.00 e. The molecule has 6 aromatic rings. The van der Waals surface area contributed by atoms with E-state index in [0.717, 1.165) is 22.4 Å². The van der Waals surface area contributed by atoms with Crippen molar-refractivity contribution >= 4 is 34.4 Å². The van der Waals surface area contributed by atoms with E-state index in [2.05, 4.69) is 38.5 Å². The van der Waals surface area contributed by atoms with Crippen molar-refractivity contribution in [2.75, 3.05) is 7.11 Å².